The molecule has 2 bridgehead atoms. The van der Waals surface area contributed by atoms with E-state index in [0.717, 1.165) is 12.0 Å². The number of rotatable bonds is 12. The Bertz CT molecular complexity index is 1320. The second kappa shape index (κ2) is 12.4. The van der Waals surface area contributed by atoms with Crippen LogP contribution in [0.3, 0.4) is 0 Å². The number of para-hydroxylation sites is 1. The van der Waals surface area contributed by atoms with Gasteiger partial charge in [0, 0.05) is 38.0 Å². The van der Waals surface area contributed by atoms with Crippen molar-refractivity contribution >= 4 is 46.8 Å². The Morgan fingerprint density at radius 3 is 2.46 bits per heavy atom. The van der Waals surface area contributed by atoms with Gasteiger partial charge in [-0.15, -0.1) is 24.9 Å². The van der Waals surface area contributed by atoms with Crippen molar-refractivity contribution in [3.8, 4) is 0 Å². The number of anilines is 1. The Morgan fingerprint density at radius 2 is 1.78 bits per heavy atom. The zero-order valence-corrected chi connectivity index (χ0v) is 24.6. The van der Waals surface area contributed by atoms with Crippen molar-refractivity contribution in [2.45, 2.75) is 41.8 Å². The molecule has 1 N–H and O–H groups in total. The van der Waals surface area contributed by atoms with Crippen molar-refractivity contribution in [2.24, 2.45) is 11.8 Å². The lowest BCUT2D eigenvalue weighted by molar-refractivity contribution is -0.144. The number of fused-ring (bicyclic) bond motifs is 1. The number of benzene rings is 2. The summed E-state index contributed by atoms with van der Waals surface area (Å²) in [6.07, 6.45) is 5.12. The number of carbonyl (C=O) groups is 3. The summed E-state index contributed by atoms with van der Waals surface area (Å²) in [7, 11) is 0. The average Bonchev–Trinajstić information content (AvgIpc) is 3.62. The summed E-state index contributed by atoms with van der Waals surface area (Å²) in [4.78, 5) is 48.0. The molecule has 0 saturated carbocycles. The molecule has 2 aromatic carbocycles. The normalized spacial score (nSPS) is 26.1. The quantitative estimate of drug-likeness (QED) is 0.365. The second-order valence-corrected chi connectivity index (χ2v) is 12.9. The Hall–Kier alpha value is -3.07. The average molecular weight is 594 g/mol. The predicted octanol–water partition coefficient (Wildman–Crippen LogP) is 4.55. The molecule has 7 nitrogen and oxygen atoms in total. The van der Waals surface area contributed by atoms with E-state index in [1.54, 1.807) is 56.8 Å². The number of thioether (sulfide) groups is 1. The molecule has 3 saturated heterocycles. The van der Waals surface area contributed by atoms with Gasteiger partial charge < -0.3 is 19.8 Å². The van der Waals surface area contributed by atoms with E-state index in [-0.39, 0.29) is 42.7 Å². The molecular formula is C32H36ClN3O4S. The van der Waals surface area contributed by atoms with Crippen LogP contribution in [-0.2, 0) is 20.9 Å². The van der Waals surface area contributed by atoms with Crippen LogP contribution in [0.1, 0.15) is 24.8 Å². The van der Waals surface area contributed by atoms with Crippen LogP contribution >= 0.6 is 23.4 Å². The van der Waals surface area contributed by atoms with Crippen molar-refractivity contribution in [2.75, 3.05) is 31.1 Å². The van der Waals surface area contributed by atoms with Crippen molar-refractivity contribution in [3.05, 3.63) is 90.5 Å². The number of hydrogen-bond acceptors (Lipinski definition) is 5. The molecule has 2 aromatic rings. The minimum absolute atomic E-state index is 0.0528. The van der Waals surface area contributed by atoms with Crippen molar-refractivity contribution in [3.63, 3.8) is 0 Å². The summed E-state index contributed by atoms with van der Waals surface area (Å²) < 4.78 is -0.734. The molecule has 1 spiro atoms. The second-order valence-electron chi connectivity index (χ2n) is 10.8. The lowest BCUT2D eigenvalue weighted by Gasteiger charge is -2.37. The van der Waals surface area contributed by atoms with E-state index in [1.165, 1.54) is 0 Å². The van der Waals surface area contributed by atoms with E-state index in [9.17, 15) is 19.5 Å². The molecule has 5 atom stereocenters. The lowest BCUT2D eigenvalue weighted by Crippen LogP contribution is -2.55. The van der Waals surface area contributed by atoms with Crippen LogP contribution in [0.2, 0.25) is 5.02 Å². The highest BCUT2D eigenvalue weighted by atomic mass is 35.5. The van der Waals surface area contributed by atoms with Crippen LogP contribution in [-0.4, -0.2) is 74.9 Å². The summed E-state index contributed by atoms with van der Waals surface area (Å²) in [5.41, 5.74) is 1.56. The van der Waals surface area contributed by atoms with Gasteiger partial charge in [-0.3, -0.25) is 14.4 Å². The number of likely N-dealkylation sites (tertiary alicyclic amines) is 1. The molecule has 3 amide bonds. The molecular weight excluding hydrogens is 558 g/mol. The summed E-state index contributed by atoms with van der Waals surface area (Å²) in [5.74, 6) is -1.64. The van der Waals surface area contributed by atoms with Crippen molar-refractivity contribution < 1.29 is 19.5 Å². The summed E-state index contributed by atoms with van der Waals surface area (Å²) in [5, 5.41) is 10.0. The number of hydrogen-bond donors (Lipinski definition) is 1. The van der Waals surface area contributed by atoms with E-state index in [4.69, 9.17) is 11.6 Å². The Kier molecular flexibility index (Phi) is 8.92. The topological polar surface area (TPSA) is 81.2 Å². The van der Waals surface area contributed by atoms with Gasteiger partial charge in [-0.25, -0.2) is 0 Å². The van der Waals surface area contributed by atoms with Gasteiger partial charge in [0.25, 0.3) is 5.91 Å². The standard InChI is InChI=1S/C32H36ClN3O4S/c1-3-17-34(21-22-11-6-5-7-12-22)29(38)26-25-15-16-32(41-25)27(26)30(39)36(19-10-20-37)28(32)31(40)35(18-4-2)24-14-9-8-13-23(24)33/h3-9,11-14,25-28,37H,1-2,10,15-21H2/t25-,26+,27+,28?,32?/m1/s1. The first-order valence-corrected chi connectivity index (χ1v) is 15.3. The number of amides is 3. The number of halogens is 1. The SMILES string of the molecule is C=CCN(Cc1ccccc1)C(=O)[C@@H]1[C@H]2C(=O)N(CCCO)C(C(=O)N(CC=C)c3ccccc3Cl)C23CC[C@H]1S3. The van der Waals surface area contributed by atoms with E-state index >= 15 is 0 Å². The number of aliphatic hydroxyl groups excluding tert-OH is 1. The van der Waals surface area contributed by atoms with Gasteiger partial charge in [0.15, 0.2) is 0 Å². The fourth-order valence-corrected chi connectivity index (χ4v) is 9.30. The van der Waals surface area contributed by atoms with Gasteiger partial charge in [-0.05, 0) is 37.0 Å². The lowest BCUT2D eigenvalue weighted by atomic mass is 9.70. The Balaban J connectivity index is 1.52. The molecule has 9 heteroatoms. The first kappa shape index (κ1) is 29.4. The summed E-state index contributed by atoms with van der Waals surface area (Å²) in [6, 6.07) is 16.1. The van der Waals surface area contributed by atoms with Crippen LogP contribution in [0.4, 0.5) is 5.69 Å². The Morgan fingerprint density at radius 1 is 1.07 bits per heavy atom. The zero-order valence-electron chi connectivity index (χ0n) is 23.0. The summed E-state index contributed by atoms with van der Waals surface area (Å²) >= 11 is 8.17. The maximum absolute atomic E-state index is 14.5. The first-order valence-electron chi connectivity index (χ1n) is 14.1. The minimum Gasteiger partial charge on any atom is -0.396 e. The highest BCUT2D eigenvalue weighted by Gasteiger charge is 2.74. The third-order valence-corrected chi connectivity index (χ3v) is 10.7. The van der Waals surface area contributed by atoms with Crippen LogP contribution < -0.4 is 4.90 Å². The van der Waals surface area contributed by atoms with Crippen LogP contribution in [0, 0.1) is 11.8 Å². The van der Waals surface area contributed by atoms with E-state index in [1.807, 2.05) is 36.4 Å². The maximum Gasteiger partial charge on any atom is 0.251 e. The van der Waals surface area contributed by atoms with Gasteiger partial charge >= 0.3 is 0 Å². The number of nitrogens with zero attached hydrogens (tertiary/aromatic N) is 3. The van der Waals surface area contributed by atoms with Gasteiger partial charge in [-0.1, -0.05) is 66.2 Å². The fourth-order valence-electron chi connectivity index (χ4n) is 6.85. The maximum atomic E-state index is 14.5. The van der Waals surface area contributed by atoms with Gasteiger partial charge in [0.05, 0.1) is 27.3 Å². The summed E-state index contributed by atoms with van der Waals surface area (Å²) in [6.45, 7) is 8.86. The minimum atomic E-state index is -0.780. The molecule has 41 heavy (non-hydrogen) atoms. The van der Waals surface area contributed by atoms with E-state index in [2.05, 4.69) is 13.2 Å². The van der Waals surface area contributed by atoms with Gasteiger partial charge in [-0.2, -0.15) is 0 Å². The molecule has 3 heterocycles. The highest BCUT2D eigenvalue weighted by molar-refractivity contribution is 8.02. The van der Waals surface area contributed by atoms with Crippen LogP contribution in [0.5, 0.6) is 0 Å². The monoisotopic (exact) mass is 593 g/mol. The molecule has 3 fully saturated rings. The van der Waals surface area contributed by atoms with E-state index in [0.29, 0.717) is 36.6 Å². The Labute approximate surface area is 250 Å². The van der Waals surface area contributed by atoms with Crippen LogP contribution in [0.15, 0.2) is 79.9 Å². The van der Waals surface area contributed by atoms with Crippen molar-refractivity contribution in [1.29, 1.82) is 0 Å². The zero-order chi connectivity index (χ0) is 29.1. The third kappa shape index (κ3) is 5.22. The van der Waals surface area contributed by atoms with E-state index < -0.39 is 22.6 Å². The van der Waals surface area contributed by atoms with Gasteiger partial charge in [0.1, 0.15) is 6.04 Å². The predicted molar refractivity (Wildman–Crippen MR) is 164 cm³/mol. The molecule has 3 aliphatic rings. The third-order valence-electron chi connectivity index (χ3n) is 8.47. The fraction of sp³-hybridized carbons (Fsp3) is 0.406. The molecule has 216 valence electrons. The number of carbonyl (C=O) groups excluding carboxylic acids is 3. The number of aliphatic hydroxyl groups is 1. The molecule has 0 aromatic heterocycles. The molecule has 3 aliphatic heterocycles. The molecule has 0 radical (unpaired) electrons. The molecule has 0 aliphatic carbocycles. The van der Waals surface area contributed by atoms with Gasteiger partial charge in [0.2, 0.25) is 11.8 Å². The highest BCUT2D eigenvalue weighted by Crippen LogP contribution is 2.66. The largest absolute Gasteiger partial charge is 0.396 e. The van der Waals surface area contributed by atoms with Crippen LogP contribution in [0.25, 0.3) is 0 Å². The smallest absolute Gasteiger partial charge is 0.251 e. The molecule has 5 rings (SSSR count). The molecule has 2 unspecified atom stereocenters. The first-order chi connectivity index (χ1) is 19.9. The van der Waals surface area contributed by atoms with Crippen molar-refractivity contribution in [1.82, 2.24) is 9.80 Å².